The minimum absolute atomic E-state index is 1.02. The fourth-order valence-electron chi connectivity index (χ4n) is 3.47. The van der Waals surface area contributed by atoms with Gasteiger partial charge in [-0.25, -0.2) is 0 Å². The van der Waals surface area contributed by atoms with E-state index in [-0.39, 0.29) is 0 Å². The van der Waals surface area contributed by atoms with Gasteiger partial charge >= 0.3 is 0 Å². The summed E-state index contributed by atoms with van der Waals surface area (Å²) in [6, 6.07) is 0. The van der Waals surface area contributed by atoms with Crippen molar-refractivity contribution in [3.8, 4) is 0 Å². The predicted molar refractivity (Wildman–Crippen MR) is 103 cm³/mol. The molecule has 22 heavy (non-hydrogen) atoms. The van der Waals surface area contributed by atoms with Crippen LogP contribution in [0.25, 0.3) is 0 Å². The van der Waals surface area contributed by atoms with Gasteiger partial charge in [0.05, 0.1) is 0 Å². The molecule has 0 aromatic heterocycles. The van der Waals surface area contributed by atoms with Gasteiger partial charge in [0.2, 0.25) is 0 Å². The second-order valence-electron chi connectivity index (χ2n) is 7.33. The first-order chi connectivity index (χ1) is 10.8. The number of unbranched alkanes of at least 4 members (excludes halogenated alkanes) is 12. The Hall–Kier alpha value is 0. The number of hydrogen-bond acceptors (Lipinski definition) is 0. The Morgan fingerprint density at radius 2 is 0.864 bits per heavy atom. The molecule has 133 valence electrons. The molecule has 0 spiro atoms. The van der Waals surface area contributed by atoms with Crippen molar-refractivity contribution in [3.63, 3.8) is 0 Å². The Balaban J connectivity index is 3.58. The molecular weight excluding hydrogens is 264 g/mol. The molecule has 0 fully saturated rings. The van der Waals surface area contributed by atoms with Crippen molar-refractivity contribution < 1.29 is 0 Å². The van der Waals surface area contributed by atoms with Crippen LogP contribution in [-0.2, 0) is 0 Å². The lowest BCUT2D eigenvalue weighted by Crippen LogP contribution is -2.01. The zero-order chi connectivity index (χ0) is 16.3. The van der Waals surface area contributed by atoms with Gasteiger partial charge in [-0.1, -0.05) is 136 Å². The normalized spacial score (nSPS) is 12.7. The lowest BCUT2D eigenvalue weighted by molar-refractivity contribution is 0.369. The predicted octanol–water partition coefficient (Wildman–Crippen LogP) is 8.50. The van der Waals surface area contributed by atoms with E-state index >= 15 is 0 Å². The van der Waals surface area contributed by atoms with Crippen molar-refractivity contribution in [2.24, 2.45) is 5.92 Å². The van der Waals surface area contributed by atoms with E-state index in [9.17, 15) is 0 Å². The molecule has 0 aromatic rings. The maximum absolute atomic E-state index is 3.99. The van der Waals surface area contributed by atoms with Gasteiger partial charge in [0.1, 0.15) is 0 Å². The maximum atomic E-state index is 3.99. The summed E-state index contributed by atoms with van der Waals surface area (Å²) in [7, 11) is 0. The first-order valence-electron chi connectivity index (χ1n) is 10.6. The molecule has 0 saturated heterocycles. The Morgan fingerprint density at radius 1 is 0.500 bits per heavy atom. The van der Waals surface area contributed by atoms with E-state index in [1.807, 2.05) is 0 Å². The van der Waals surface area contributed by atoms with Crippen molar-refractivity contribution in [3.05, 3.63) is 6.92 Å². The third-order valence-corrected chi connectivity index (χ3v) is 5.04. The summed E-state index contributed by atoms with van der Waals surface area (Å²) in [6.07, 6.45) is 25.7. The molecule has 0 aliphatic carbocycles. The van der Waals surface area contributed by atoms with Crippen LogP contribution in [0, 0.1) is 12.8 Å². The van der Waals surface area contributed by atoms with Crippen LogP contribution in [0.4, 0.5) is 0 Å². The lowest BCUT2D eigenvalue weighted by Gasteiger charge is -2.16. The average molecular weight is 310 g/mol. The van der Waals surface area contributed by atoms with Gasteiger partial charge in [-0.05, 0) is 5.92 Å². The number of hydrogen-bond donors (Lipinski definition) is 0. The molecule has 0 nitrogen and oxygen atoms in total. The topological polar surface area (TPSA) is 0 Å². The maximum Gasteiger partial charge on any atom is -0.0414 e. The fraction of sp³-hybridized carbons (Fsp3) is 0.955. The van der Waals surface area contributed by atoms with Gasteiger partial charge < -0.3 is 0 Å². The highest BCUT2D eigenvalue weighted by atomic mass is 14.1. The zero-order valence-electron chi connectivity index (χ0n) is 16.0. The van der Waals surface area contributed by atoms with E-state index in [4.69, 9.17) is 0 Å². The minimum Gasteiger partial charge on any atom is -0.0654 e. The molecule has 0 heterocycles. The molecule has 1 unspecified atom stereocenters. The van der Waals surface area contributed by atoms with Gasteiger partial charge in [0, 0.05) is 0 Å². The Kier molecular flexibility index (Phi) is 19.0. The van der Waals surface area contributed by atoms with E-state index in [1.54, 1.807) is 0 Å². The van der Waals surface area contributed by atoms with E-state index in [0.29, 0.717) is 0 Å². The third-order valence-electron chi connectivity index (χ3n) is 5.04. The summed E-state index contributed by atoms with van der Waals surface area (Å²) in [4.78, 5) is 0. The zero-order valence-corrected chi connectivity index (χ0v) is 16.0. The van der Waals surface area contributed by atoms with Crippen LogP contribution in [-0.4, -0.2) is 0 Å². The van der Waals surface area contributed by atoms with Gasteiger partial charge in [-0.2, -0.15) is 0 Å². The molecule has 0 N–H and O–H groups in total. The summed E-state index contributed by atoms with van der Waals surface area (Å²) in [5.74, 6) is 1.02. The highest BCUT2D eigenvalue weighted by Gasteiger charge is 2.08. The summed E-state index contributed by atoms with van der Waals surface area (Å²) >= 11 is 0. The summed E-state index contributed by atoms with van der Waals surface area (Å²) in [6.45, 7) is 8.60. The van der Waals surface area contributed by atoms with E-state index in [2.05, 4.69) is 20.8 Å². The van der Waals surface area contributed by atoms with Crippen LogP contribution >= 0.6 is 0 Å². The highest BCUT2D eigenvalue weighted by Crippen LogP contribution is 2.24. The molecular formula is C22H45. The minimum atomic E-state index is 1.02. The Bertz CT molecular complexity index is 184. The van der Waals surface area contributed by atoms with Crippen LogP contribution in [0.5, 0.6) is 0 Å². The van der Waals surface area contributed by atoms with E-state index in [1.165, 1.54) is 109 Å². The van der Waals surface area contributed by atoms with Gasteiger partial charge in [0.15, 0.2) is 0 Å². The SMILES string of the molecule is [CH2]CCCCC(CCCCCC)CCCCCCCCCC. The second-order valence-corrected chi connectivity index (χ2v) is 7.33. The number of rotatable bonds is 18. The molecule has 0 saturated carbocycles. The van der Waals surface area contributed by atoms with E-state index in [0.717, 1.165) is 12.3 Å². The second kappa shape index (κ2) is 19.0. The van der Waals surface area contributed by atoms with Crippen molar-refractivity contribution in [1.82, 2.24) is 0 Å². The first-order valence-corrected chi connectivity index (χ1v) is 10.6. The molecule has 0 aliphatic heterocycles. The molecule has 0 rings (SSSR count). The molecule has 1 radical (unpaired) electrons. The monoisotopic (exact) mass is 309 g/mol. The van der Waals surface area contributed by atoms with Crippen molar-refractivity contribution in [2.45, 2.75) is 129 Å². The lowest BCUT2D eigenvalue weighted by atomic mass is 9.90. The largest absolute Gasteiger partial charge is 0.0654 e. The van der Waals surface area contributed by atoms with Crippen molar-refractivity contribution in [1.29, 1.82) is 0 Å². The van der Waals surface area contributed by atoms with E-state index < -0.39 is 0 Å². The summed E-state index contributed by atoms with van der Waals surface area (Å²) < 4.78 is 0. The van der Waals surface area contributed by atoms with Gasteiger partial charge in [0.25, 0.3) is 0 Å². The average Bonchev–Trinajstić information content (AvgIpc) is 2.53. The quantitative estimate of drug-likeness (QED) is 0.223. The standard InChI is InChI=1S/C22H45/c1-4-7-10-12-13-14-15-18-21-22(19-16-9-6-3)20-17-11-8-5-2/h22H,3-21H2,1-2H3. The molecule has 0 heteroatoms. The summed E-state index contributed by atoms with van der Waals surface area (Å²) in [5.41, 5.74) is 0. The van der Waals surface area contributed by atoms with Crippen LogP contribution < -0.4 is 0 Å². The summed E-state index contributed by atoms with van der Waals surface area (Å²) in [5, 5.41) is 0. The Morgan fingerprint density at radius 3 is 1.32 bits per heavy atom. The van der Waals surface area contributed by atoms with Crippen LogP contribution in [0.1, 0.15) is 129 Å². The van der Waals surface area contributed by atoms with Gasteiger partial charge in [-0.15, -0.1) is 0 Å². The fourth-order valence-corrected chi connectivity index (χ4v) is 3.47. The first kappa shape index (κ1) is 22.0. The van der Waals surface area contributed by atoms with Crippen LogP contribution in [0.3, 0.4) is 0 Å². The Labute approximate surface area is 142 Å². The molecule has 1 atom stereocenters. The van der Waals surface area contributed by atoms with Crippen molar-refractivity contribution >= 4 is 0 Å². The van der Waals surface area contributed by atoms with Crippen LogP contribution in [0.15, 0.2) is 0 Å². The molecule has 0 aliphatic rings. The molecule has 0 bridgehead atoms. The van der Waals surface area contributed by atoms with Gasteiger partial charge in [-0.3, -0.25) is 0 Å². The third kappa shape index (κ3) is 16.4. The van der Waals surface area contributed by atoms with Crippen LogP contribution in [0.2, 0.25) is 0 Å². The van der Waals surface area contributed by atoms with Crippen molar-refractivity contribution in [2.75, 3.05) is 0 Å². The molecule has 0 aromatic carbocycles. The highest BCUT2D eigenvalue weighted by molar-refractivity contribution is 4.62. The molecule has 0 amide bonds. The smallest absolute Gasteiger partial charge is 0.0414 e.